The molecule has 1 N–H and O–H groups in total. The molecule has 27 heavy (non-hydrogen) atoms. The monoisotopic (exact) mass is 381 g/mol. The van der Waals surface area contributed by atoms with Crippen molar-refractivity contribution in [3.8, 4) is 11.5 Å². The summed E-state index contributed by atoms with van der Waals surface area (Å²) in [5, 5.41) is 12.2. The summed E-state index contributed by atoms with van der Waals surface area (Å²) in [6.45, 7) is 0. The summed E-state index contributed by atoms with van der Waals surface area (Å²) in [6, 6.07) is 15.4. The first kappa shape index (κ1) is 18.6. The zero-order chi connectivity index (χ0) is 19.1. The number of methoxy groups -OCH3 is 2. The van der Waals surface area contributed by atoms with Crippen LogP contribution in [0, 0.1) is 0 Å². The lowest BCUT2D eigenvalue weighted by molar-refractivity contribution is -0.111. The Kier molecular flexibility index (Phi) is 6.17. The summed E-state index contributed by atoms with van der Waals surface area (Å²) >= 11 is 1.36. The molecule has 0 aliphatic rings. The Balaban J connectivity index is 1.60. The summed E-state index contributed by atoms with van der Waals surface area (Å²) in [5.74, 6) is 0.973. The summed E-state index contributed by atoms with van der Waals surface area (Å²) in [6.07, 6.45) is 3.83. The van der Waals surface area contributed by atoms with Crippen molar-refractivity contribution in [1.29, 1.82) is 0 Å². The van der Waals surface area contributed by atoms with E-state index in [2.05, 4.69) is 15.5 Å². The fraction of sp³-hybridized carbons (Fsp3) is 0.150. The van der Waals surface area contributed by atoms with Gasteiger partial charge in [-0.3, -0.25) is 10.1 Å². The molecular weight excluding hydrogens is 362 g/mol. The highest BCUT2D eigenvalue weighted by Crippen LogP contribution is 2.28. The van der Waals surface area contributed by atoms with Crippen LogP contribution in [0.1, 0.15) is 16.1 Å². The minimum Gasteiger partial charge on any atom is -0.493 e. The van der Waals surface area contributed by atoms with Crippen LogP contribution in [0.3, 0.4) is 0 Å². The zero-order valence-electron chi connectivity index (χ0n) is 15.0. The molecule has 0 atom stereocenters. The number of ether oxygens (including phenoxy) is 2. The lowest BCUT2D eigenvalue weighted by Gasteiger charge is -2.07. The van der Waals surface area contributed by atoms with Gasteiger partial charge in [-0.25, -0.2) is 0 Å². The molecule has 0 fully saturated rings. The van der Waals surface area contributed by atoms with Crippen molar-refractivity contribution >= 4 is 28.5 Å². The number of amides is 1. The molecule has 0 aliphatic heterocycles. The molecule has 1 aromatic heterocycles. The third-order valence-electron chi connectivity index (χ3n) is 3.73. The number of rotatable bonds is 7. The molecule has 3 aromatic rings. The maximum absolute atomic E-state index is 12.1. The van der Waals surface area contributed by atoms with Crippen LogP contribution in [0.5, 0.6) is 11.5 Å². The van der Waals surface area contributed by atoms with Crippen molar-refractivity contribution in [2.75, 3.05) is 19.5 Å². The summed E-state index contributed by atoms with van der Waals surface area (Å²) in [5.41, 5.74) is 1.98. The molecule has 3 rings (SSSR count). The molecule has 2 aromatic carbocycles. The van der Waals surface area contributed by atoms with Gasteiger partial charge in [-0.1, -0.05) is 47.7 Å². The van der Waals surface area contributed by atoms with Gasteiger partial charge in [0.25, 0.3) is 0 Å². The van der Waals surface area contributed by atoms with Crippen LogP contribution < -0.4 is 14.8 Å². The average Bonchev–Trinajstić information content (AvgIpc) is 3.13. The molecule has 0 saturated heterocycles. The maximum Gasteiger partial charge on any atom is 0.250 e. The number of nitrogens with zero attached hydrogens (tertiary/aromatic N) is 2. The largest absolute Gasteiger partial charge is 0.493 e. The number of aromatic nitrogens is 2. The van der Waals surface area contributed by atoms with Gasteiger partial charge in [0, 0.05) is 12.5 Å². The molecule has 7 heteroatoms. The molecule has 0 unspecified atom stereocenters. The Hall–Kier alpha value is -3.19. The molecular formula is C20H19N3O3S. The van der Waals surface area contributed by atoms with Crippen LogP contribution in [0.25, 0.3) is 6.08 Å². The molecule has 138 valence electrons. The van der Waals surface area contributed by atoms with Gasteiger partial charge >= 0.3 is 0 Å². The van der Waals surface area contributed by atoms with E-state index in [4.69, 9.17) is 9.47 Å². The third kappa shape index (κ3) is 5.15. The lowest BCUT2D eigenvalue weighted by atomic mass is 10.2. The fourth-order valence-electron chi connectivity index (χ4n) is 2.42. The number of nitrogens with one attached hydrogen (secondary N) is 1. The van der Waals surface area contributed by atoms with Crippen molar-refractivity contribution < 1.29 is 14.3 Å². The average molecular weight is 381 g/mol. The van der Waals surface area contributed by atoms with Gasteiger partial charge in [-0.05, 0) is 29.3 Å². The minimum atomic E-state index is -0.271. The number of benzene rings is 2. The van der Waals surface area contributed by atoms with Crippen LogP contribution in [-0.2, 0) is 11.2 Å². The van der Waals surface area contributed by atoms with E-state index in [0.717, 1.165) is 16.1 Å². The van der Waals surface area contributed by atoms with E-state index in [1.165, 1.54) is 17.4 Å². The number of carbonyl (C=O) groups is 1. The van der Waals surface area contributed by atoms with E-state index in [9.17, 15) is 4.79 Å². The first-order valence-electron chi connectivity index (χ1n) is 8.25. The van der Waals surface area contributed by atoms with E-state index < -0.39 is 0 Å². The highest BCUT2D eigenvalue weighted by Gasteiger charge is 2.07. The Morgan fingerprint density at radius 1 is 1.07 bits per heavy atom. The molecule has 0 saturated carbocycles. The zero-order valence-corrected chi connectivity index (χ0v) is 15.8. The van der Waals surface area contributed by atoms with Crippen molar-refractivity contribution in [2.24, 2.45) is 0 Å². The van der Waals surface area contributed by atoms with Gasteiger partial charge in [0.15, 0.2) is 11.5 Å². The van der Waals surface area contributed by atoms with Gasteiger partial charge in [0.2, 0.25) is 11.0 Å². The van der Waals surface area contributed by atoms with Crippen LogP contribution in [0.15, 0.2) is 54.6 Å². The normalized spacial score (nSPS) is 10.7. The number of hydrogen-bond donors (Lipinski definition) is 1. The molecule has 6 nitrogen and oxygen atoms in total. The molecule has 0 spiro atoms. The predicted octanol–water partition coefficient (Wildman–Crippen LogP) is 3.80. The topological polar surface area (TPSA) is 73.3 Å². The van der Waals surface area contributed by atoms with Gasteiger partial charge in [-0.15, -0.1) is 10.2 Å². The molecule has 0 radical (unpaired) electrons. The number of anilines is 1. The van der Waals surface area contributed by atoms with E-state index in [1.54, 1.807) is 32.4 Å². The SMILES string of the molecule is COc1ccc(C=CC(=O)Nc2nnc(Cc3ccccc3)s2)cc1OC. The summed E-state index contributed by atoms with van der Waals surface area (Å²) < 4.78 is 10.5. The predicted molar refractivity (Wildman–Crippen MR) is 106 cm³/mol. The van der Waals surface area contributed by atoms with Crippen molar-refractivity contribution in [3.05, 3.63) is 70.7 Å². The molecule has 0 bridgehead atoms. The smallest absolute Gasteiger partial charge is 0.250 e. The summed E-state index contributed by atoms with van der Waals surface area (Å²) in [4.78, 5) is 12.1. The van der Waals surface area contributed by atoms with Crippen LogP contribution in [0.2, 0.25) is 0 Å². The van der Waals surface area contributed by atoms with E-state index in [1.807, 2.05) is 36.4 Å². The van der Waals surface area contributed by atoms with Gasteiger partial charge in [0.05, 0.1) is 14.2 Å². The van der Waals surface area contributed by atoms with E-state index in [0.29, 0.717) is 23.1 Å². The highest BCUT2D eigenvalue weighted by atomic mass is 32.1. The van der Waals surface area contributed by atoms with Crippen LogP contribution >= 0.6 is 11.3 Å². The van der Waals surface area contributed by atoms with Crippen LogP contribution in [-0.4, -0.2) is 30.3 Å². The first-order valence-corrected chi connectivity index (χ1v) is 9.07. The maximum atomic E-state index is 12.1. The number of hydrogen-bond acceptors (Lipinski definition) is 6. The van der Waals surface area contributed by atoms with Gasteiger partial charge < -0.3 is 9.47 Å². The van der Waals surface area contributed by atoms with E-state index >= 15 is 0 Å². The fourth-order valence-corrected chi connectivity index (χ4v) is 3.20. The summed E-state index contributed by atoms with van der Waals surface area (Å²) in [7, 11) is 3.15. The Morgan fingerprint density at radius 3 is 2.59 bits per heavy atom. The molecule has 0 aliphatic carbocycles. The quantitative estimate of drug-likeness (QED) is 0.630. The minimum absolute atomic E-state index is 0.271. The van der Waals surface area contributed by atoms with Crippen LogP contribution in [0.4, 0.5) is 5.13 Å². The second kappa shape index (κ2) is 8.95. The van der Waals surface area contributed by atoms with Crippen molar-refractivity contribution in [1.82, 2.24) is 10.2 Å². The Morgan fingerprint density at radius 2 is 1.85 bits per heavy atom. The lowest BCUT2D eigenvalue weighted by Crippen LogP contribution is -2.07. The third-order valence-corrected chi connectivity index (χ3v) is 4.57. The highest BCUT2D eigenvalue weighted by molar-refractivity contribution is 7.15. The number of carbonyl (C=O) groups excluding carboxylic acids is 1. The first-order chi connectivity index (χ1) is 13.2. The van der Waals surface area contributed by atoms with Crippen molar-refractivity contribution in [2.45, 2.75) is 6.42 Å². The van der Waals surface area contributed by atoms with Crippen molar-refractivity contribution in [3.63, 3.8) is 0 Å². The Bertz CT molecular complexity index is 939. The molecule has 1 amide bonds. The van der Waals surface area contributed by atoms with E-state index in [-0.39, 0.29) is 5.91 Å². The molecule has 1 heterocycles. The van der Waals surface area contributed by atoms with Gasteiger partial charge in [0.1, 0.15) is 5.01 Å². The van der Waals surface area contributed by atoms with Gasteiger partial charge in [-0.2, -0.15) is 0 Å². The second-order valence-corrected chi connectivity index (χ2v) is 6.66. The second-order valence-electron chi connectivity index (χ2n) is 5.60. The standard InChI is InChI=1S/C20H19N3O3S/c1-25-16-10-8-15(12-17(16)26-2)9-11-18(24)21-20-23-22-19(27-20)13-14-6-4-3-5-7-14/h3-12H,13H2,1-2H3,(H,21,23,24). The Labute approximate surface area is 161 Å².